The fraction of sp³-hybridized carbons (Fsp3) is 0.611. The topological polar surface area (TPSA) is 59.0 Å². The van der Waals surface area contributed by atoms with Crippen LogP contribution in [0.15, 0.2) is 24.3 Å². The zero-order valence-electron chi connectivity index (χ0n) is 14.5. The molecule has 1 unspecified atom stereocenters. The van der Waals surface area contributed by atoms with Crippen molar-refractivity contribution >= 4 is 6.09 Å². The molecular weight excluding hydrogens is 313 g/mol. The smallest absolute Gasteiger partial charge is 0.410 e. The number of carbonyl (C=O) groups is 1. The van der Waals surface area contributed by atoms with Crippen molar-refractivity contribution in [1.82, 2.24) is 4.90 Å². The number of alkyl halides is 1. The van der Waals surface area contributed by atoms with Gasteiger partial charge in [-0.15, -0.1) is 0 Å². The second kappa shape index (κ2) is 7.38. The molecule has 0 saturated carbocycles. The Morgan fingerprint density at radius 1 is 1.29 bits per heavy atom. The summed E-state index contributed by atoms with van der Waals surface area (Å²) in [5.74, 6) is 0.341. The molecule has 0 aliphatic carbocycles. The highest BCUT2D eigenvalue weighted by Gasteiger charge is 2.36. The largest absolute Gasteiger partial charge is 0.463 e. The lowest BCUT2D eigenvalue weighted by Crippen LogP contribution is -2.38. The molecule has 1 fully saturated rings. The first-order valence-corrected chi connectivity index (χ1v) is 8.24. The average Bonchev–Trinajstić information content (AvgIpc) is 2.69. The summed E-state index contributed by atoms with van der Waals surface area (Å²) >= 11 is 0. The molecule has 0 bridgehead atoms. The van der Waals surface area contributed by atoms with E-state index in [4.69, 9.17) is 9.47 Å². The molecule has 1 atom stereocenters. The van der Waals surface area contributed by atoms with Gasteiger partial charge in [0.15, 0.2) is 0 Å². The number of hydrogen-bond acceptors (Lipinski definition) is 4. The first-order valence-electron chi connectivity index (χ1n) is 8.24. The Kier molecular flexibility index (Phi) is 5.70. The quantitative estimate of drug-likeness (QED) is 0.914. The van der Waals surface area contributed by atoms with Crippen molar-refractivity contribution in [3.8, 4) is 5.75 Å². The van der Waals surface area contributed by atoms with Crippen LogP contribution in [-0.2, 0) is 10.3 Å². The van der Waals surface area contributed by atoms with Crippen LogP contribution in [0.4, 0.5) is 9.18 Å². The minimum absolute atomic E-state index is 0.341. The van der Waals surface area contributed by atoms with Gasteiger partial charge in [0.1, 0.15) is 11.4 Å². The van der Waals surface area contributed by atoms with E-state index in [0.29, 0.717) is 43.7 Å². The van der Waals surface area contributed by atoms with Gasteiger partial charge in [0.2, 0.25) is 6.86 Å². The van der Waals surface area contributed by atoms with Crippen LogP contribution >= 0.6 is 0 Å². The molecule has 0 spiro atoms. The van der Waals surface area contributed by atoms with Crippen molar-refractivity contribution in [2.24, 2.45) is 0 Å². The van der Waals surface area contributed by atoms with Crippen LogP contribution < -0.4 is 4.74 Å². The molecular formula is C18H26FNO4. The van der Waals surface area contributed by atoms with Crippen LogP contribution in [0.2, 0.25) is 0 Å². The van der Waals surface area contributed by atoms with E-state index in [1.54, 1.807) is 29.2 Å². The lowest BCUT2D eigenvalue weighted by molar-refractivity contribution is 0.0107. The highest BCUT2D eigenvalue weighted by atomic mass is 19.1. The minimum Gasteiger partial charge on any atom is -0.463 e. The van der Waals surface area contributed by atoms with Crippen molar-refractivity contribution < 1.29 is 23.8 Å². The Bertz CT molecular complexity index is 572. The molecule has 1 amide bonds. The molecule has 6 heteroatoms. The molecule has 1 aromatic rings. The summed E-state index contributed by atoms with van der Waals surface area (Å²) < 4.78 is 23.0. The van der Waals surface area contributed by atoms with Gasteiger partial charge >= 0.3 is 6.09 Å². The first kappa shape index (κ1) is 18.5. The normalized spacial score (nSPS) is 22.0. The van der Waals surface area contributed by atoms with Crippen molar-refractivity contribution in [3.63, 3.8) is 0 Å². The zero-order valence-corrected chi connectivity index (χ0v) is 14.5. The van der Waals surface area contributed by atoms with Gasteiger partial charge in [-0.05, 0) is 46.1 Å². The lowest BCUT2D eigenvalue weighted by atomic mass is 9.86. The Hall–Kier alpha value is -1.82. The predicted octanol–water partition coefficient (Wildman–Crippen LogP) is 3.60. The van der Waals surface area contributed by atoms with Crippen molar-refractivity contribution in [2.75, 3.05) is 20.0 Å². The molecule has 0 aromatic heterocycles. The van der Waals surface area contributed by atoms with Crippen molar-refractivity contribution in [1.29, 1.82) is 0 Å². The average molecular weight is 339 g/mol. The third-order valence-electron chi connectivity index (χ3n) is 4.06. The number of para-hydroxylation sites is 1. The summed E-state index contributed by atoms with van der Waals surface area (Å²) in [6.45, 7) is 5.41. The number of halogens is 1. The summed E-state index contributed by atoms with van der Waals surface area (Å²) in [5, 5.41) is 11.1. The fourth-order valence-electron chi connectivity index (χ4n) is 2.93. The number of carbonyl (C=O) groups excluding carboxylic acids is 1. The Balaban J connectivity index is 2.13. The van der Waals surface area contributed by atoms with E-state index < -0.39 is 18.1 Å². The fourth-order valence-corrected chi connectivity index (χ4v) is 2.93. The molecule has 1 aromatic carbocycles. The highest BCUT2D eigenvalue weighted by molar-refractivity contribution is 5.68. The predicted molar refractivity (Wildman–Crippen MR) is 88.6 cm³/mol. The summed E-state index contributed by atoms with van der Waals surface area (Å²) in [5.41, 5.74) is -1.14. The Morgan fingerprint density at radius 3 is 2.67 bits per heavy atom. The number of benzene rings is 1. The number of amides is 1. The SMILES string of the molecule is CC(C)(C)OC(=O)N1CCCC(O)(c2ccccc2OCF)CC1. The third kappa shape index (κ3) is 4.60. The van der Waals surface area contributed by atoms with E-state index in [1.807, 2.05) is 20.8 Å². The van der Waals surface area contributed by atoms with Crippen molar-refractivity contribution in [2.45, 2.75) is 51.2 Å². The second-order valence-electron chi connectivity index (χ2n) is 7.10. The van der Waals surface area contributed by atoms with Crippen LogP contribution in [0.3, 0.4) is 0 Å². The number of aliphatic hydroxyl groups is 1. The van der Waals surface area contributed by atoms with Gasteiger partial charge in [0, 0.05) is 18.7 Å². The van der Waals surface area contributed by atoms with Crippen LogP contribution in [-0.4, -0.2) is 41.7 Å². The van der Waals surface area contributed by atoms with Gasteiger partial charge in [-0.25, -0.2) is 9.18 Å². The minimum atomic E-state index is -1.15. The maximum absolute atomic E-state index is 12.6. The Labute approximate surface area is 142 Å². The van der Waals surface area contributed by atoms with E-state index in [1.165, 1.54) is 0 Å². The van der Waals surface area contributed by atoms with E-state index in [9.17, 15) is 14.3 Å². The molecule has 1 aliphatic heterocycles. The zero-order chi connectivity index (χ0) is 17.8. The van der Waals surface area contributed by atoms with Crippen LogP contribution in [0.25, 0.3) is 0 Å². The van der Waals surface area contributed by atoms with E-state index in [-0.39, 0.29) is 6.09 Å². The van der Waals surface area contributed by atoms with Gasteiger partial charge < -0.3 is 19.5 Å². The monoisotopic (exact) mass is 339 g/mol. The molecule has 2 rings (SSSR count). The van der Waals surface area contributed by atoms with E-state index in [2.05, 4.69) is 0 Å². The molecule has 1 saturated heterocycles. The third-order valence-corrected chi connectivity index (χ3v) is 4.06. The van der Waals surface area contributed by atoms with Gasteiger partial charge in [0.05, 0.1) is 5.60 Å². The number of likely N-dealkylation sites (tertiary alicyclic amines) is 1. The molecule has 1 N–H and O–H groups in total. The van der Waals surface area contributed by atoms with Crippen LogP contribution in [0.5, 0.6) is 5.75 Å². The number of hydrogen-bond donors (Lipinski definition) is 1. The summed E-state index contributed by atoms with van der Waals surface area (Å²) in [6.07, 6.45) is 1.07. The maximum atomic E-state index is 12.6. The molecule has 1 heterocycles. The molecule has 5 nitrogen and oxygen atoms in total. The Morgan fingerprint density at radius 2 is 2.00 bits per heavy atom. The summed E-state index contributed by atoms with van der Waals surface area (Å²) in [4.78, 5) is 13.8. The summed E-state index contributed by atoms with van der Waals surface area (Å²) in [6, 6.07) is 6.91. The van der Waals surface area contributed by atoms with Gasteiger partial charge in [-0.1, -0.05) is 18.2 Å². The molecule has 0 radical (unpaired) electrons. The van der Waals surface area contributed by atoms with Crippen LogP contribution in [0, 0.1) is 0 Å². The standard InChI is InChI=1S/C18H26FNO4/c1-17(2,3)24-16(21)20-11-6-9-18(22,10-12-20)14-7-4-5-8-15(14)23-13-19/h4-5,7-8,22H,6,9-13H2,1-3H3. The van der Waals surface area contributed by atoms with Crippen molar-refractivity contribution in [3.05, 3.63) is 29.8 Å². The van der Waals surface area contributed by atoms with E-state index >= 15 is 0 Å². The number of ether oxygens (including phenoxy) is 2. The van der Waals surface area contributed by atoms with Gasteiger partial charge in [-0.3, -0.25) is 0 Å². The molecule has 1 aliphatic rings. The first-order chi connectivity index (χ1) is 11.2. The highest BCUT2D eigenvalue weighted by Crippen LogP contribution is 2.38. The van der Waals surface area contributed by atoms with E-state index in [0.717, 1.165) is 0 Å². The maximum Gasteiger partial charge on any atom is 0.410 e. The van der Waals surface area contributed by atoms with Gasteiger partial charge in [-0.2, -0.15) is 0 Å². The molecule has 24 heavy (non-hydrogen) atoms. The van der Waals surface area contributed by atoms with Crippen LogP contribution in [0.1, 0.15) is 45.6 Å². The number of rotatable bonds is 3. The van der Waals surface area contributed by atoms with Gasteiger partial charge in [0.25, 0.3) is 0 Å². The second-order valence-corrected chi connectivity index (χ2v) is 7.10. The summed E-state index contributed by atoms with van der Waals surface area (Å²) in [7, 11) is 0. The molecule has 134 valence electrons. The number of nitrogens with zero attached hydrogens (tertiary/aromatic N) is 1. The lowest BCUT2D eigenvalue weighted by Gasteiger charge is -2.29.